The Bertz CT molecular complexity index is 958. The van der Waals surface area contributed by atoms with E-state index >= 15 is 0 Å². The number of nitrogens with zero attached hydrogens (tertiary/aromatic N) is 5. The fourth-order valence-corrected chi connectivity index (χ4v) is 3.46. The molecule has 0 unspecified atom stereocenters. The van der Waals surface area contributed by atoms with Crippen LogP contribution in [0.4, 0.5) is 0 Å². The second-order valence-electron chi connectivity index (χ2n) is 6.44. The largest absolute Gasteiger partial charge is 0.476 e. The van der Waals surface area contributed by atoms with Gasteiger partial charge in [0.2, 0.25) is 0 Å². The molecule has 0 spiro atoms. The quantitative estimate of drug-likeness (QED) is 0.743. The number of pyridine rings is 1. The van der Waals surface area contributed by atoms with Crippen molar-refractivity contribution in [2.45, 2.75) is 26.4 Å². The zero-order valence-corrected chi connectivity index (χ0v) is 15.7. The highest BCUT2D eigenvalue weighted by Crippen LogP contribution is 2.26. The van der Waals surface area contributed by atoms with E-state index in [4.69, 9.17) is 0 Å². The van der Waals surface area contributed by atoms with Crippen LogP contribution in [0, 0.1) is 6.92 Å². The molecule has 0 atom stereocenters. The summed E-state index contributed by atoms with van der Waals surface area (Å²) in [4.78, 5) is 18.0. The van der Waals surface area contributed by atoms with Crippen LogP contribution in [0.2, 0.25) is 0 Å². The van der Waals surface area contributed by atoms with Crippen molar-refractivity contribution in [2.24, 2.45) is 0 Å². The van der Waals surface area contributed by atoms with E-state index in [2.05, 4.69) is 26.3 Å². The van der Waals surface area contributed by atoms with Gasteiger partial charge in [-0.3, -0.25) is 9.88 Å². The Balaban J connectivity index is 0.00000210. The lowest BCUT2D eigenvalue weighted by atomic mass is 9.97. The second-order valence-corrected chi connectivity index (χ2v) is 6.44. The topological polar surface area (TPSA) is 84.1 Å². The molecule has 0 saturated carbocycles. The van der Waals surface area contributed by atoms with Crippen LogP contribution in [0.5, 0.6) is 0 Å². The van der Waals surface area contributed by atoms with E-state index < -0.39 is 5.97 Å². The molecule has 0 fully saturated rings. The minimum absolute atomic E-state index is 0. The fourth-order valence-electron chi connectivity index (χ4n) is 3.46. The number of benzene rings is 1. The first-order chi connectivity index (χ1) is 12.6. The Kier molecular flexibility index (Phi) is 5.53. The lowest BCUT2D eigenvalue weighted by Gasteiger charge is -2.29. The van der Waals surface area contributed by atoms with E-state index in [-0.39, 0.29) is 18.1 Å². The third-order valence-electron chi connectivity index (χ3n) is 4.76. The van der Waals surface area contributed by atoms with Crippen LogP contribution in [0.3, 0.4) is 0 Å². The fraction of sp³-hybridized carbons (Fsp3) is 0.263. The van der Waals surface area contributed by atoms with Gasteiger partial charge in [-0.05, 0) is 42.7 Å². The molecule has 0 radical (unpaired) electrons. The molecule has 1 aliphatic rings. The summed E-state index contributed by atoms with van der Waals surface area (Å²) in [5.41, 5.74) is 4.95. The average Bonchev–Trinajstić information content (AvgIpc) is 3.03. The molecule has 1 N–H and O–H groups in total. The third kappa shape index (κ3) is 3.70. The summed E-state index contributed by atoms with van der Waals surface area (Å²) >= 11 is 0. The molecule has 27 heavy (non-hydrogen) atoms. The summed E-state index contributed by atoms with van der Waals surface area (Å²) in [5, 5.41) is 17.1. The first kappa shape index (κ1) is 19.0. The first-order valence-electron chi connectivity index (χ1n) is 8.52. The molecule has 3 heterocycles. The molecule has 0 bridgehead atoms. The van der Waals surface area contributed by atoms with Gasteiger partial charge < -0.3 is 5.11 Å². The van der Waals surface area contributed by atoms with Crippen LogP contribution in [0.1, 0.15) is 33.0 Å². The second kappa shape index (κ2) is 7.85. The van der Waals surface area contributed by atoms with Crippen LogP contribution in [-0.2, 0) is 19.5 Å². The highest BCUT2D eigenvalue weighted by Gasteiger charge is 2.23. The van der Waals surface area contributed by atoms with Gasteiger partial charge in [-0.15, -0.1) is 17.5 Å². The number of carboxylic acids is 1. The number of carboxylic acid groups (broad SMARTS) is 1. The molecular formula is C19H20ClN5O2. The minimum atomic E-state index is -1.06. The molecule has 0 amide bonds. The van der Waals surface area contributed by atoms with Crippen molar-refractivity contribution < 1.29 is 9.90 Å². The van der Waals surface area contributed by atoms with Gasteiger partial charge in [0.25, 0.3) is 0 Å². The highest BCUT2D eigenvalue weighted by atomic mass is 35.5. The molecule has 7 nitrogen and oxygen atoms in total. The Morgan fingerprint density at radius 1 is 1.22 bits per heavy atom. The summed E-state index contributed by atoms with van der Waals surface area (Å²) < 4.78 is 1.64. The SMILES string of the molecule is Cc1c(C(=O)O)nnn1-c1cccc2c1CCN(Cc1ccccn1)C2.Cl. The van der Waals surface area contributed by atoms with Crippen LogP contribution < -0.4 is 0 Å². The van der Waals surface area contributed by atoms with Crippen molar-refractivity contribution in [2.75, 3.05) is 6.54 Å². The van der Waals surface area contributed by atoms with Gasteiger partial charge >= 0.3 is 5.97 Å². The summed E-state index contributed by atoms with van der Waals surface area (Å²) in [6.45, 7) is 4.30. The molecule has 1 aliphatic heterocycles. The first-order valence-corrected chi connectivity index (χ1v) is 8.52. The summed E-state index contributed by atoms with van der Waals surface area (Å²) in [7, 11) is 0. The molecule has 0 saturated heterocycles. The van der Waals surface area contributed by atoms with Crippen LogP contribution in [0.25, 0.3) is 5.69 Å². The molecule has 4 rings (SSSR count). The van der Waals surface area contributed by atoms with Crippen molar-refractivity contribution in [1.82, 2.24) is 24.9 Å². The summed E-state index contributed by atoms with van der Waals surface area (Å²) in [5.74, 6) is -1.06. The number of aromatic nitrogens is 4. The van der Waals surface area contributed by atoms with E-state index in [1.807, 2.05) is 36.5 Å². The van der Waals surface area contributed by atoms with Crippen molar-refractivity contribution in [3.05, 3.63) is 70.8 Å². The number of hydrogen-bond donors (Lipinski definition) is 1. The number of aromatic carboxylic acids is 1. The van der Waals surface area contributed by atoms with E-state index in [0.29, 0.717) is 5.69 Å². The van der Waals surface area contributed by atoms with Gasteiger partial charge in [-0.2, -0.15) is 0 Å². The zero-order valence-electron chi connectivity index (χ0n) is 14.9. The predicted molar refractivity (Wildman–Crippen MR) is 102 cm³/mol. The molecule has 1 aromatic carbocycles. The lowest BCUT2D eigenvalue weighted by Crippen LogP contribution is -2.31. The standard InChI is InChI=1S/C19H19N5O2.ClH/c1-13-18(19(25)26)21-22-24(13)17-7-4-5-14-11-23(10-8-16(14)17)12-15-6-2-3-9-20-15;/h2-7,9H,8,10-12H2,1H3,(H,25,26);1H. The number of fused-ring (bicyclic) bond motifs is 1. The Morgan fingerprint density at radius 3 is 2.78 bits per heavy atom. The van der Waals surface area contributed by atoms with Crippen LogP contribution >= 0.6 is 12.4 Å². The van der Waals surface area contributed by atoms with Gasteiger partial charge in [0.15, 0.2) is 5.69 Å². The highest BCUT2D eigenvalue weighted by molar-refractivity contribution is 5.86. The van der Waals surface area contributed by atoms with Crippen LogP contribution in [-0.4, -0.2) is 42.5 Å². The van der Waals surface area contributed by atoms with E-state index in [1.165, 1.54) is 11.1 Å². The minimum Gasteiger partial charge on any atom is -0.476 e. The molecular weight excluding hydrogens is 366 g/mol. The maximum atomic E-state index is 11.2. The predicted octanol–water partition coefficient (Wildman–Crippen LogP) is 2.65. The Hall–Kier alpha value is -2.77. The number of carbonyl (C=O) groups is 1. The van der Waals surface area contributed by atoms with Crippen LogP contribution in [0.15, 0.2) is 42.6 Å². The zero-order chi connectivity index (χ0) is 18.1. The van der Waals surface area contributed by atoms with Gasteiger partial charge in [0.05, 0.1) is 17.1 Å². The number of hydrogen-bond acceptors (Lipinski definition) is 5. The summed E-state index contributed by atoms with van der Waals surface area (Å²) in [6.07, 6.45) is 2.69. The van der Waals surface area contributed by atoms with Crippen molar-refractivity contribution in [3.63, 3.8) is 0 Å². The van der Waals surface area contributed by atoms with Crippen molar-refractivity contribution in [1.29, 1.82) is 0 Å². The lowest BCUT2D eigenvalue weighted by molar-refractivity contribution is 0.0689. The summed E-state index contributed by atoms with van der Waals surface area (Å²) in [6, 6.07) is 12.0. The molecule has 0 aliphatic carbocycles. The number of halogens is 1. The maximum Gasteiger partial charge on any atom is 0.358 e. The van der Waals surface area contributed by atoms with Gasteiger partial charge in [-0.25, -0.2) is 9.48 Å². The van der Waals surface area contributed by atoms with E-state index in [1.54, 1.807) is 11.6 Å². The molecule has 2 aromatic heterocycles. The smallest absolute Gasteiger partial charge is 0.358 e. The normalized spacial score (nSPS) is 13.7. The molecule has 8 heteroatoms. The van der Waals surface area contributed by atoms with Gasteiger partial charge in [0.1, 0.15) is 0 Å². The number of rotatable bonds is 4. The van der Waals surface area contributed by atoms with Crippen molar-refractivity contribution in [3.8, 4) is 5.69 Å². The molecule has 140 valence electrons. The Labute approximate surface area is 163 Å². The third-order valence-corrected chi connectivity index (χ3v) is 4.76. The van der Waals surface area contributed by atoms with E-state index in [9.17, 15) is 9.90 Å². The van der Waals surface area contributed by atoms with Crippen molar-refractivity contribution >= 4 is 18.4 Å². The van der Waals surface area contributed by atoms with Gasteiger partial charge in [-0.1, -0.05) is 23.4 Å². The molecule has 3 aromatic rings. The monoisotopic (exact) mass is 385 g/mol. The Morgan fingerprint density at radius 2 is 2.07 bits per heavy atom. The van der Waals surface area contributed by atoms with E-state index in [0.717, 1.165) is 37.4 Å². The maximum absolute atomic E-state index is 11.2. The van der Waals surface area contributed by atoms with Gasteiger partial charge in [0, 0.05) is 25.8 Å². The average molecular weight is 386 g/mol.